The molecule has 106 valence electrons. The predicted molar refractivity (Wildman–Crippen MR) is 75.0 cm³/mol. The van der Waals surface area contributed by atoms with E-state index in [9.17, 15) is 4.79 Å². The summed E-state index contributed by atoms with van der Waals surface area (Å²) in [6.07, 6.45) is 4.57. The number of hydrogen-bond acceptors (Lipinski definition) is 4. The van der Waals surface area contributed by atoms with Gasteiger partial charge in [-0.15, -0.1) is 0 Å². The first kappa shape index (κ1) is 14.1. The van der Waals surface area contributed by atoms with Gasteiger partial charge >= 0.3 is 6.09 Å². The van der Waals surface area contributed by atoms with Crippen molar-refractivity contribution in [3.8, 4) is 11.3 Å². The quantitative estimate of drug-likeness (QED) is 0.909. The van der Waals surface area contributed by atoms with Gasteiger partial charge < -0.3 is 14.5 Å². The van der Waals surface area contributed by atoms with Gasteiger partial charge in [-0.1, -0.05) is 19.9 Å². The molecular weight excluding hydrogens is 256 g/mol. The maximum Gasteiger partial charge on any atom is 0.407 e. The number of hydrogen-bond donors (Lipinski definition) is 1. The number of alkyl carbamates (subject to hydrolysis) is 1. The largest absolute Gasteiger partial charge is 0.472 e. The van der Waals surface area contributed by atoms with Crippen LogP contribution < -0.4 is 5.32 Å². The molecule has 0 aliphatic heterocycles. The average molecular weight is 274 g/mol. The highest BCUT2D eigenvalue weighted by Crippen LogP contribution is 2.16. The summed E-state index contributed by atoms with van der Waals surface area (Å²) in [7, 11) is 0. The van der Waals surface area contributed by atoms with E-state index in [0.29, 0.717) is 19.1 Å². The van der Waals surface area contributed by atoms with Crippen LogP contribution in [0.2, 0.25) is 0 Å². The van der Waals surface area contributed by atoms with Crippen molar-refractivity contribution < 1.29 is 13.9 Å². The fourth-order valence-electron chi connectivity index (χ4n) is 1.58. The molecule has 1 amide bonds. The summed E-state index contributed by atoms with van der Waals surface area (Å²) >= 11 is 0. The van der Waals surface area contributed by atoms with E-state index in [-0.39, 0.29) is 0 Å². The van der Waals surface area contributed by atoms with Crippen LogP contribution >= 0.6 is 0 Å². The van der Waals surface area contributed by atoms with Gasteiger partial charge in [-0.25, -0.2) is 4.79 Å². The van der Waals surface area contributed by atoms with E-state index in [0.717, 1.165) is 16.8 Å². The molecule has 2 aromatic rings. The molecule has 0 aliphatic carbocycles. The number of carbonyl (C=O) groups is 1. The Hall–Kier alpha value is -2.30. The monoisotopic (exact) mass is 274 g/mol. The summed E-state index contributed by atoms with van der Waals surface area (Å²) in [5.41, 5.74) is 2.68. The fourth-order valence-corrected chi connectivity index (χ4v) is 1.58. The number of furan rings is 1. The molecule has 0 fully saturated rings. The number of nitrogens with one attached hydrogen (secondary N) is 1. The van der Waals surface area contributed by atoms with E-state index in [1.54, 1.807) is 18.7 Å². The molecule has 2 heterocycles. The number of carbonyl (C=O) groups excluding carboxylic acids is 1. The minimum atomic E-state index is -0.405. The molecule has 0 aromatic carbocycles. The van der Waals surface area contributed by atoms with Crippen molar-refractivity contribution >= 4 is 6.09 Å². The zero-order valence-corrected chi connectivity index (χ0v) is 11.6. The van der Waals surface area contributed by atoms with Crippen LogP contribution in [0.15, 0.2) is 41.3 Å². The van der Waals surface area contributed by atoms with Gasteiger partial charge in [-0.2, -0.15) is 0 Å². The van der Waals surface area contributed by atoms with Crippen molar-refractivity contribution in [2.45, 2.75) is 20.4 Å². The number of aromatic nitrogens is 1. The summed E-state index contributed by atoms with van der Waals surface area (Å²) in [5, 5.41) is 2.69. The van der Waals surface area contributed by atoms with Crippen LogP contribution in [-0.4, -0.2) is 17.7 Å². The first-order valence-corrected chi connectivity index (χ1v) is 6.53. The van der Waals surface area contributed by atoms with Crippen LogP contribution in [0.5, 0.6) is 0 Å². The van der Waals surface area contributed by atoms with Gasteiger partial charge in [-0.3, -0.25) is 4.98 Å². The Labute approximate surface area is 118 Å². The molecule has 0 radical (unpaired) electrons. The van der Waals surface area contributed by atoms with E-state index >= 15 is 0 Å². The molecule has 0 bridgehead atoms. The highest BCUT2D eigenvalue weighted by molar-refractivity contribution is 5.67. The molecule has 2 aromatic heterocycles. The van der Waals surface area contributed by atoms with E-state index in [1.807, 2.05) is 32.0 Å². The number of pyridine rings is 1. The lowest BCUT2D eigenvalue weighted by Gasteiger charge is -2.08. The lowest BCUT2D eigenvalue weighted by Crippen LogP contribution is -2.25. The lowest BCUT2D eigenvalue weighted by atomic mass is 10.2. The third-order valence-corrected chi connectivity index (χ3v) is 2.63. The normalized spacial score (nSPS) is 10.6. The van der Waals surface area contributed by atoms with Gasteiger partial charge in [-0.05, 0) is 23.6 Å². The van der Waals surface area contributed by atoms with Crippen molar-refractivity contribution in [2.75, 3.05) is 6.61 Å². The van der Waals surface area contributed by atoms with Gasteiger partial charge in [0.05, 0.1) is 24.8 Å². The average Bonchev–Trinajstić information content (AvgIpc) is 2.97. The molecule has 20 heavy (non-hydrogen) atoms. The molecule has 0 saturated carbocycles. The third kappa shape index (κ3) is 4.12. The van der Waals surface area contributed by atoms with Crippen molar-refractivity contribution in [3.63, 3.8) is 0 Å². The van der Waals surface area contributed by atoms with Crippen LogP contribution in [-0.2, 0) is 11.3 Å². The van der Waals surface area contributed by atoms with Crippen LogP contribution in [0.3, 0.4) is 0 Å². The summed E-state index contributed by atoms with van der Waals surface area (Å²) < 4.78 is 10.0. The van der Waals surface area contributed by atoms with E-state index in [2.05, 4.69) is 10.3 Å². The van der Waals surface area contributed by atoms with Gasteiger partial charge in [0.25, 0.3) is 0 Å². The lowest BCUT2D eigenvalue weighted by molar-refractivity contribution is 0.132. The van der Waals surface area contributed by atoms with Gasteiger partial charge in [0.2, 0.25) is 0 Å². The number of rotatable bonds is 5. The highest BCUT2D eigenvalue weighted by atomic mass is 16.5. The van der Waals surface area contributed by atoms with Gasteiger partial charge in [0.1, 0.15) is 0 Å². The SMILES string of the molecule is CC(C)COC(=O)NCc1ccc(-c2ccoc2)nc1. The summed E-state index contributed by atoms with van der Waals surface area (Å²) in [6, 6.07) is 5.66. The molecule has 2 rings (SSSR count). The molecule has 0 atom stereocenters. The Kier molecular flexibility index (Phi) is 4.76. The molecule has 0 unspecified atom stereocenters. The van der Waals surface area contributed by atoms with E-state index in [4.69, 9.17) is 9.15 Å². The first-order valence-electron chi connectivity index (χ1n) is 6.53. The van der Waals surface area contributed by atoms with Crippen molar-refractivity contribution in [2.24, 2.45) is 5.92 Å². The maximum atomic E-state index is 11.4. The van der Waals surface area contributed by atoms with Gasteiger partial charge in [0.15, 0.2) is 0 Å². The van der Waals surface area contributed by atoms with Crippen molar-refractivity contribution in [1.29, 1.82) is 0 Å². The Morgan fingerprint density at radius 3 is 2.85 bits per heavy atom. The molecular formula is C15H18N2O3. The number of nitrogens with zero attached hydrogens (tertiary/aromatic N) is 1. The summed E-state index contributed by atoms with van der Waals surface area (Å²) in [6.45, 7) is 4.80. The van der Waals surface area contributed by atoms with Crippen LogP contribution in [0.1, 0.15) is 19.4 Å². The maximum absolute atomic E-state index is 11.4. The van der Waals surface area contributed by atoms with Crippen molar-refractivity contribution in [1.82, 2.24) is 10.3 Å². The molecule has 0 saturated heterocycles. The number of amides is 1. The molecule has 1 N–H and O–H groups in total. The third-order valence-electron chi connectivity index (χ3n) is 2.63. The molecule has 0 spiro atoms. The zero-order chi connectivity index (χ0) is 14.4. The summed E-state index contributed by atoms with van der Waals surface area (Å²) in [4.78, 5) is 15.7. The smallest absolute Gasteiger partial charge is 0.407 e. The second-order valence-electron chi connectivity index (χ2n) is 4.91. The molecule has 5 nitrogen and oxygen atoms in total. The van der Waals surface area contributed by atoms with Crippen LogP contribution in [0.4, 0.5) is 4.79 Å². The standard InChI is InChI=1S/C15H18N2O3/c1-11(2)9-20-15(18)17-8-12-3-4-14(16-7-12)13-5-6-19-10-13/h3-7,10-11H,8-9H2,1-2H3,(H,17,18). The first-order chi connectivity index (χ1) is 9.65. The molecule has 0 aliphatic rings. The van der Waals surface area contributed by atoms with Crippen molar-refractivity contribution in [3.05, 3.63) is 42.5 Å². The minimum absolute atomic E-state index is 0.330. The predicted octanol–water partition coefficient (Wildman–Crippen LogP) is 3.22. The summed E-state index contributed by atoms with van der Waals surface area (Å²) in [5.74, 6) is 0.330. The van der Waals surface area contributed by atoms with Crippen LogP contribution in [0, 0.1) is 5.92 Å². The van der Waals surface area contributed by atoms with E-state index in [1.165, 1.54) is 0 Å². The topological polar surface area (TPSA) is 64.4 Å². The Morgan fingerprint density at radius 2 is 2.25 bits per heavy atom. The fraction of sp³-hybridized carbons (Fsp3) is 0.333. The second-order valence-corrected chi connectivity index (χ2v) is 4.91. The Balaban J connectivity index is 1.84. The number of ether oxygens (including phenoxy) is 1. The molecule has 5 heteroatoms. The highest BCUT2D eigenvalue weighted by Gasteiger charge is 2.05. The Morgan fingerprint density at radius 1 is 1.40 bits per heavy atom. The minimum Gasteiger partial charge on any atom is -0.472 e. The second kappa shape index (κ2) is 6.75. The zero-order valence-electron chi connectivity index (χ0n) is 11.6. The Bertz CT molecular complexity index is 533. The van der Waals surface area contributed by atoms with E-state index < -0.39 is 6.09 Å². The van der Waals surface area contributed by atoms with Gasteiger partial charge in [0, 0.05) is 18.3 Å². The van der Waals surface area contributed by atoms with Crippen LogP contribution in [0.25, 0.3) is 11.3 Å².